The van der Waals surface area contributed by atoms with Crippen molar-refractivity contribution in [2.45, 2.75) is 26.8 Å². The lowest BCUT2D eigenvalue weighted by Crippen LogP contribution is -2.37. The molecular weight excluding hydrogens is 348 g/mol. The number of primary amides is 1. The smallest absolute Gasteiger partial charge is 0.248 e. The fraction of sp³-hybridized carbons (Fsp3) is 0.412. The van der Waals surface area contributed by atoms with Gasteiger partial charge in [0.05, 0.1) is 18.0 Å². The van der Waals surface area contributed by atoms with Crippen molar-refractivity contribution >= 4 is 29.3 Å². The monoisotopic (exact) mass is 368 g/mol. The van der Waals surface area contributed by atoms with Gasteiger partial charge in [-0.1, -0.05) is 13.8 Å². The number of nitriles is 1. The number of rotatable bonds is 6. The Hall–Kier alpha value is -3.48. The lowest BCUT2D eigenvalue weighted by molar-refractivity contribution is -0.124. The van der Waals surface area contributed by atoms with Gasteiger partial charge in [-0.15, -0.1) is 0 Å². The Morgan fingerprint density at radius 1 is 1.52 bits per heavy atom. The molecule has 2 amide bonds. The highest BCUT2D eigenvalue weighted by molar-refractivity contribution is 6.01. The fourth-order valence-corrected chi connectivity index (χ4v) is 3.09. The number of nitrogens with two attached hydrogens (primary N) is 1. The highest BCUT2D eigenvalue weighted by atomic mass is 16.2. The summed E-state index contributed by atoms with van der Waals surface area (Å²) in [6, 6.07) is 3.83. The van der Waals surface area contributed by atoms with Gasteiger partial charge >= 0.3 is 0 Å². The molecule has 0 radical (unpaired) electrons. The van der Waals surface area contributed by atoms with Crippen LogP contribution in [-0.4, -0.2) is 38.1 Å². The molecule has 1 saturated heterocycles. The van der Waals surface area contributed by atoms with Crippen molar-refractivity contribution < 1.29 is 9.59 Å². The average Bonchev–Trinajstić information content (AvgIpc) is 3.19. The third-order valence-corrected chi connectivity index (χ3v) is 4.67. The van der Waals surface area contributed by atoms with Gasteiger partial charge in [0.15, 0.2) is 0 Å². The largest absolute Gasteiger partial charge is 0.368 e. The van der Waals surface area contributed by atoms with Crippen LogP contribution < -0.4 is 16.0 Å². The number of hydrogen-bond donors (Lipinski definition) is 2. The molecule has 27 heavy (non-hydrogen) atoms. The highest BCUT2D eigenvalue weighted by Gasteiger charge is 2.50. The number of aromatic nitrogens is 4. The fourth-order valence-electron chi connectivity index (χ4n) is 3.09. The van der Waals surface area contributed by atoms with Crippen molar-refractivity contribution in [2.24, 2.45) is 17.1 Å². The van der Waals surface area contributed by atoms with E-state index in [-0.39, 0.29) is 24.3 Å². The van der Waals surface area contributed by atoms with E-state index in [1.807, 2.05) is 13.8 Å². The van der Waals surface area contributed by atoms with Gasteiger partial charge in [0.25, 0.3) is 0 Å². The van der Waals surface area contributed by atoms with E-state index >= 15 is 0 Å². The zero-order valence-corrected chi connectivity index (χ0v) is 15.1. The van der Waals surface area contributed by atoms with Crippen LogP contribution in [0.2, 0.25) is 0 Å². The molecule has 1 fully saturated rings. The van der Waals surface area contributed by atoms with Crippen molar-refractivity contribution in [2.75, 3.05) is 16.8 Å². The quantitative estimate of drug-likeness (QED) is 0.767. The number of nitrogens with one attached hydrogen (secondary N) is 1. The molecule has 2 aromatic heterocycles. The van der Waals surface area contributed by atoms with Crippen molar-refractivity contribution in [3.05, 3.63) is 24.7 Å². The summed E-state index contributed by atoms with van der Waals surface area (Å²) in [5.74, 6) is -0.117. The lowest BCUT2D eigenvalue weighted by atomic mass is 9.77. The Kier molecular flexibility index (Phi) is 4.77. The first-order valence-corrected chi connectivity index (χ1v) is 8.50. The first kappa shape index (κ1) is 18.3. The van der Waals surface area contributed by atoms with E-state index in [4.69, 9.17) is 5.73 Å². The van der Waals surface area contributed by atoms with Crippen LogP contribution in [0.25, 0.3) is 0 Å². The van der Waals surface area contributed by atoms with Crippen molar-refractivity contribution in [1.82, 2.24) is 19.7 Å². The molecule has 10 nitrogen and oxygen atoms in total. The molecule has 140 valence electrons. The first-order chi connectivity index (χ1) is 12.9. The molecular formula is C17H20N8O2. The molecule has 3 rings (SSSR count). The zero-order chi connectivity index (χ0) is 19.6. The number of nitrogens with zero attached hydrogens (tertiary/aromatic N) is 6. The van der Waals surface area contributed by atoms with Gasteiger partial charge in [0.2, 0.25) is 17.8 Å². The minimum Gasteiger partial charge on any atom is -0.368 e. The van der Waals surface area contributed by atoms with Gasteiger partial charge in [-0.2, -0.15) is 15.3 Å². The van der Waals surface area contributed by atoms with Crippen LogP contribution in [0.4, 0.5) is 17.5 Å². The predicted octanol–water partition coefficient (Wildman–Crippen LogP) is 0.805. The molecule has 0 aliphatic carbocycles. The van der Waals surface area contributed by atoms with Gasteiger partial charge in [-0.25, -0.2) is 4.98 Å². The van der Waals surface area contributed by atoms with E-state index in [9.17, 15) is 14.9 Å². The van der Waals surface area contributed by atoms with E-state index in [1.165, 1.54) is 22.0 Å². The molecule has 0 aromatic carbocycles. The van der Waals surface area contributed by atoms with Gasteiger partial charge in [-0.05, 0) is 18.4 Å². The molecule has 1 atom stereocenters. The maximum Gasteiger partial charge on any atom is 0.248 e. The van der Waals surface area contributed by atoms with Crippen LogP contribution in [0.15, 0.2) is 24.7 Å². The van der Waals surface area contributed by atoms with Crippen LogP contribution in [0.3, 0.4) is 0 Å². The topological polar surface area (TPSA) is 143 Å². The zero-order valence-electron chi connectivity index (χ0n) is 15.1. The number of hydrogen-bond acceptors (Lipinski definition) is 7. The molecule has 10 heteroatoms. The Labute approximate surface area is 156 Å². The summed E-state index contributed by atoms with van der Waals surface area (Å²) in [4.78, 5) is 33.8. The molecule has 1 aliphatic heterocycles. The third kappa shape index (κ3) is 3.44. The normalized spacial score (nSPS) is 19.3. The molecule has 0 bridgehead atoms. The van der Waals surface area contributed by atoms with Crippen LogP contribution >= 0.6 is 0 Å². The van der Waals surface area contributed by atoms with E-state index in [2.05, 4.69) is 26.5 Å². The summed E-state index contributed by atoms with van der Waals surface area (Å²) >= 11 is 0. The van der Waals surface area contributed by atoms with Crippen LogP contribution in [0, 0.1) is 22.7 Å². The van der Waals surface area contributed by atoms with Gasteiger partial charge < -0.3 is 11.1 Å². The molecule has 3 heterocycles. The van der Waals surface area contributed by atoms with E-state index < -0.39 is 11.3 Å². The van der Waals surface area contributed by atoms with E-state index in [0.717, 1.165) is 0 Å². The molecule has 2 aromatic rings. The Morgan fingerprint density at radius 2 is 2.30 bits per heavy atom. The molecule has 1 aliphatic rings. The number of anilines is 3. The minimum atomic E-state index is -1.02. The van der Waals surface area contributed by atoms with Crippen LogP contribution in [0.5, 0.6) is 0 Å². The van der Waals surface area contributed by atoms with Gasteiger partial charge in [0, 0.05) is 18.9 Å². The lowest BCUT2D eigenvalue weighted by Gasteiger charge is -2.24. The van der Waals surface area contributed by atoms with Crippen molar-refractivity contribution in [3.63, 3.8) is 0 Å². The molecule has 0 saturated carbocycles. The van der Waals surface area contributed by atoms with Gasteiger partial charge in [-0.3, -0.25) is 19.2 Å². The third-order valence-electron chi connectivity index (χ3n) is 4.67. The summed E-state index contributed by atoms with van der Waals surface area (Å²) in [5.41, 5.74) is 4.70. The molecule has 3 N–H and O–H groups in total. The second-order valence-corrected chi connectivity index (χ2v) is 6.70. The number of amides is 2. The summed E-state index contributed by atoms with van der Waals surface area (Å²) in [6.45, 7) is 4.15. The average molecular weight is 368 g/mol. The Balaban J connectivity index is 1.78. The van der Waals surface area contributed by atoms with Gasteiger partial charge in [0.1, 0.15) is 17.8 Å². The predicted molar refractivity (Wildman–Crippen MR) is 96.6 cm³/mol. The van der Waals surface area contributed by atoms with Crippen LogP contribution in [0.1, 0.15) is 20.3 Å². The summed E-state index contributed by atoms with van der Waals surface area (Å²) in [7, 11) is 0. The van der Waals surface area contributed by atoms with E-state index in [0.29, 0.717) is 24.5 Å². The Bertz CT molecular complexity index is 916. The maximum atomic E-state index is 12.8. The highest BCUT2D eigenvalue weighted by Crippen LogP contribution is 2.40. The van der Waals surface area contributed by atoms with E-state index in [1.54, 1.807) is 12.3 Å². The standard InChI is InChI=1S/C17H20N8O2/c1-11(2)17(10-18)4-6-25(15(17)27)14-3-5-20-16(23-14)22-12-7-21-24(8-12)9-13(19)26/h3,5,7-8,11H,4,6,9H2,1-2H3,(H2,19,26)(H,20,22,23)/t17-/m1/s1. The second-order valence-electron chi connectivity index (χ2n) is 6.70. The summed E-state index contributed by atoms with van der Waals surface area (Å²) < 4.78 is 1.39. The maximum absolute atomic E-state index is 12.8. The second kappa shape index (κ2) is 7.03. The Morgan fingerprint density at radius 3 is 2.93 bits per heavy atom. The molecule has 0 spiro atoms. The summed E-state index contributed by atoms with van der Waals surface area (Å²) in [6.07, 6.45) is 5.11. The molecule has 0 unspecified atom stereocenters. The first-order valence-electron chi connectivity index (χ1n) is 8.50. The minimum absolute atomic E-state index is 0.0314. The number of carbonyl (C=O) groups excluding carboxylic acids is 2. The van der Waals surface area contributed by atoms with Crippen molar-refractivity contribution in [3.8, 4) is 6.07 Å². The van der Waals surface area contributed by atoms with Crippen molar-refractivity contribution in [1.29, 1.82) is 5.26 Å². The number of carbonyl (C=O) groups is 2. The SMILES string of the molecule is CC(C)[C@]1(C#N)CCN(c2ccnc(Nc3cnn(CC(N)=O)c3)n2)C1=O. The summed E-state index contributed by atoms with van der Waals surface area (Å²) in [5, 5.41) is 16.5. The van der Waals surface area contributed by atoms with Crippen LogP contribution in [-0.2, 0) is 16.1 Å².